The van der Waals surface area contributed by atoms with Crippen LogP contribution in [0, 0.1) is 11.3 Å². The van der Waals surface area contributed by atoms with Gasteiger partial charge in [-0.25, -0.2) is 13.2 Å². The van der Waals surface area contributed by atoms with Crippen molar-refractivity contribution in [3.63, 3.8) is 0 Å². The van der Waals surface area contributed by atoms with Gasteiger partial charge in [0, 0.05) is 35.4 Å². The fourth-order valence-electron chi connectivity index (χ4n) is 4.23. The molecule has 1 aliphatic carbocycles. The van der Waals surface area contributed by atoms with Crippen molar-refractivity contribution in [2.75, 3.05) is 19.0 Å². The molecule has 3 rings (SSSR count). The molecule has 1 N–H and O–H groups in total. The molecule has 0 aromatic heterocycles. The molecule has 2 fully saturated rings. The quantitative estimate of drug-likeness (QED) is 0.690. The first-order valence-electron chi connectivity index (χ1n) is 9.35. The Balaban J connectivity index is 1.70. The number of carbonyl (C=O) groups is 1. The molecular formula is C19H26ClNO5S. The largest absolute Gasteiger partial charge is 0.445 e. The van der Waals surface area contributed by atoms with Crippen molar-refractivity contribution in [2.45, 2.75) is 44.8 Å². The van der Waals surface area contributed by atoms with Crippen LogP contribution in [0.4, 0.5) is 4.79 Å². The summed E-state index contributed by atoms with van der Waals surface area (Å²) in [6.07, 6.45) is 3.46. The van der Waals surface area contributed by atoms with Crippen molar-refractivity contribution < 1.29 is 22.7 Å². The zero-order valence-electron chi connectivity index (χ0n) is 15.2. The smallest absolute Gasteiger partial charge is 0.407 e. The summed E-state index contributed by atoms with van der Waals surface area (Å²) in [6.45, 7) is 1.41. The van der Waals surface area contributed by atoms with Gasteiger partial charge in [0.2, 0.25) is 9.05 Å². The topological polar surface area (TPSA) is 81.7 Å². The Hall–Kier alpha value is -1.31. The standard InChI is InChI=1S/C19H26ClNO5S/c20-27(23,24)14-19(9-4-10-19)17(16-7-11-25-12-8-16)21-18(22)26-13-15-5-2-1-3-6-15/h1-3,5-6,16-17H,4,7-14H2,(H,21,22). The molecule has 6 nitrogen and oxygen atoms in total. The van der Waals surface area contributed by atoms with Crippen LogP contribution in [0.25, 0.3) is 0 Å². The average molecular weight is 416 g/mol. The highest BCUT2D eigenvalue weighted by Crippen LogP contribution is 2.49. The maximum absolute atomic E-state index is 12.5. The Bertz CT molecular complexity index is 730. The fourth-order valence-corrected chi connectivity index (χ4v) is 6.04. The third-order valence-electron chi connectivity index (χ3n) is 5.69. The van der Waals surface area contributed by atoms with Crippen LogP contribution in [0.15, 0.2) is 30.3 Å². The highest BCUT2D eigenvalue weighted by Gasteiger charge is 2.50. The number of alkyl carbamates (subject to hydrolysis) is 1. The van der Waals surface area contributed by atoms with Gasteiger partial charge in [0.25, 0.3) is 0 Å². The van der Waals surface area contributed by atoms with Gasteiger partial charge in [-0.15, -0.1) is 0 Å². The van der Waals surface area contributed by atoms with E-state index in [1.165, 1.54) is 0 Å². The number of hydrogen-bond acceptors (Lipinski definition) is 5. The molecule has 0 bridgehead atoms. The molecule has 1 atom stereocenters. The lowest BCUT2D eigenvalue weighted by atomic mass is 9.61. The van der Waals surface area contributed by atoms with Gasteiger partial charge in [0.1, 0.15) is 6.61 Å². The zero-order valence-corrected chi connectivity index (χ0v) is 16.8. The summed E-state index contributed by atoms with van der Waals surface area (Å²) in [5, 5.41) is 2.98. The van der Waals surface area contributed by atoms with Gasteiger partial charge < -0.3 is 14.8 Å². The van der Waals surface area contributed by atoms with Crippen LogP contribution in [0.1, 0.15) is 37.7 Å². The minimum Gasteiger partial charge on any atom is -0.445 e. The van der Waals surface area contributed by atoms with E-state index in [1.807, 2.05) is 30.3 Å². The predicted molar refractivity (Wildman–Crippen MR) is 103 cm³/mol. The molecule has 27 heavy (non-hydrogen) atoms. The Labute approximate surface area is 165 Å². The van der Waals surface area contributed by atoms with E-state index in [1.54, 1.807) is 0 Å². The third kappa shape index (κ3) is 5.59. The number of halogens is 1. The van der Waals surface area contributed by atoms with E-state index < -0.39 is 20.6 Å². The summed E-state index contributed by atoms with van der Waals surface area (Å²) in [5.74, 6) is 0.0319. The van der Waals surface area contributed by atoms with E-state index in [-0.39, 0.29) is 24.3 Å². The lowest BCUT2D eigenvalue weighted by Crippen LogP contribution is -2.58. The van der Waals surface area contributed by atoms with E-state index >= 15 is 0 Å². The van der Waals surface area contributed by atoms with Gasteiger partial charge in [-0.05, 0) is 37.2 Å². The van der Waals surface area contributed by atoms with Gasteiger partial charge in [0.15, 0.2) is 0 Å². The highest BCUT2D eigenvalue weighted by molar-refractivity contribution is 8.13. The summed E-state index contributed by atoms with van der Waals surface area (Å²) in [5.41, 5.74) is 0.380. The molecule has 1 aromatic rings. The van der Waals surface area contributed by atoms with Crippen LogP contribution in [-0.2, 0) is 25.1 Å². The fraction of sp³-hybridized carbons (Fsp3) is 0.632. The molecule has 8 heteroatoms. The van der Waals surface area contributed by atoms with E-state index in [0.29, 0.717) is 13.2 Å². The van der Waals surface area contributed by atoms with E-state index in [0.717, 1.165) is 37.7 Å². The van der Waals surface area contributed by atoms with Crippen LogP contribution < -0.4 is 5.32 Å². The van der Waals surface area contributed by atoms with Crippen molar-refractivity contribution >= 4 is 25.8 Å². The minimum absolute atomic E-state index is 0.122. The Morgan fingerprint density at radius 3 is 2.48 bits per heavy atom. The first kappa shape index (κ1) is 20.4. The number of hydrogen-bond donors (Lipinski definition) is 1. The minimum atomic E-state index is -3.67. The maximum atomic E-state index is 12.5. The summed E-state index contributed by atoms with van der Waals surface area (Å²) in [6, 6.07) is 9.16. The van der Waals surface area contributed by atoms with Crippen molar-refractivity contribution in [3.05, 3.63) is 35.9 Å². The molecule has 150 valence electrons. The van der Waals surface area contributed by atoms with Crippen LogP contribution in [0.5, 0.6) is 0 Å². The summed E-state index contributed by atoms with van der Waals surface area (Å²) in [7, 11) is 1.93. The molecule has 0 radical (unpaired) electrons. The predicted octanol–water partition coefficient (Wildman–Crippen LogP) is 3.45. The second-order valence-electron chi connectivity index (χ2n) is 7.53. The molecule has 0 spiro atoms. The normalized spacial score (nSPS) is 21.1. The zero-order chi connectivity index (χ0) is 19.3. The Morgan fingerprint density at radius 1 is 1.26 bits per heavy atom. The van der Waals surface area contributed by atoms with Gasteiger partial charge in [-0.1, -0.05) is 36.8 Å². The number of benzene rings is 1. The van der Waals surface area contributed by atoms with Crippen LogP contribution in [0.2, 0.25) is 0 Å². The van der Waals surface area contributed by atoms with Crippen molar-refractivity contribution in [1.29, 1.82) is 0 Å². The second-order valence-corrected chi connectivity index (χ2v) is 10.3. The number of carbonyl (C=O) groups excluding carboxylic acids is 1. The number of ether oxygens (including phenoxy) is 2. The molecular weight excluding hydrogens is 390 g/mol. The van der Waals surface area contributed by atoms with Gasteiger partial charge in [-0.3, -0.25) is 0 Å². The molecule has 1 saturated heterocycles. The average Bonchev–Trinajstić information content (AvgIpc) is 2.62. The molecule has 2 aliphatic rings. The lowest BCUT2D eigenvalue weighted by molar-refractivity contribution is 0.00166. The van der Waals surface area contributed by atoms with E-state index in [9.17, 15) is 13.2 Å². The van der Waals surface area contributed by atoms with Crippen molar-refractivity contribution in [3.8, 4) is 0 Å². The summed E-state index contributed by atoms with van der Waals surface area (Å²) >= 11 is 0. The Kier molecular flexibility index (Phi) is 6.65. The lowest BCUT2D eigenvalue weighted by Gasteiger charge is -2.50. The monoisotopic (exact) mass is 415 g/mol. The molecule has 1 unspecified atom stereocenters. The van der Waals surface area contributed by atoms with E-state index in [2.05, 4.69) is 5.32 Å². The number of amides is 1. The molecule has 1 aromatic carbocycles. The van der Waals surface area contributed by atoms with Crippen molar-refractivity contribution in [2.24, 2.45) is 11.3 Å². The molecule has 1 aliphatic heterocycles. The van der Waals surface area contributed by atoms with Crippen LogP contribution >= 0.6 is 10.7 Å². The first-order chi connectivity index (χ1) is 12.9. The maximum Gasteiger partial charge on any atom is 0.407 e. The molecule has 1 heterocycles. The van der Waals surface area contributed by atoms with Gasteiger partial charge in [-0.2, -0.15) is 0 Å². The van der Waals surface area contributed by atoms with Gasteiger partial charge >= 0.3 is 6.09 Å². The van der Waals surface area contributed by atoms with Gasteiger partial charge in [0.05, 0.1) is 5.75 Å². The molecule has 1 saturated carbocycles. The SMILES string of the molecule is O=C(NC(C1CCOCC1)C1(CS(=O)(=O)Cl)CCC1)OCc1ccccc1. The van der Waals surface area contributed by atoms with Crippen LogP contribution in [-0.4, -0.2) is 39.5 Å². The van der Waals surface area contributed by atoms with Crippen molar-refractivity contribution in [1.82, 2.24) is 5.32 Å². The summed E-state index contributed by atoms with van der Waals surface area (Å²) in [4.78, 5) is 12.5. The summed E-state index contributed by atoms with van der Waals surface area (Å²) < 4.78 is 34.5. The second kappa shape index (κ2) is 8.80. The number of rotatable bonds is 7. The molecule has 1 amide bonds. The highest BCUT2D eigenvalue weighted by atomic mass is 35.7. The number of nitrogens with one attached hydrogen (secondary N) is 1. The Morgan fingerprint density at radius 2 is 1.93 bits per heavy atom. The first-order valence-corrected chi connectivity index (χ1v) is 11.8. The van der Waals surface area contributed by atoms with Crippen LogP contribution in [0.3, 0.4) is 0 Å². The third-order valence-corrected chi connectivity index (χ3v) is 6.94. The van der Waals surface area contributed by atoms with E-state index in [4.69, 9.17) is 20.2 Å².